The quantitative estimate of drug-likeness (QED) is 0.846. The Bertz CT molecular complexity index is 704. The minimum absolute atomic E-state index is 0.204. The van der Waals surface area contributed by atoms with E-state index in [2.05, 4.69) is 17.0 Å². The monoisotopic (exact) mass is 340 g/mol. The van der Waals surface area contributed by atoms with Gasteiger partial charge in [-0.3, -0.25) is 4.79 Å². The zero-order valence-corrected chi connectivity index (χ0v) is 14.9. The Morgan fingerprint density at radius 1 is 0.960 bits per heavy atom. The van der Waals surface area contributed by atoms with Crippen LogP contribution >= 0.6 is 0 Å². The van der Waals surface area contributed by atoms with Crippen molar-refractivity contribution in [3.63, 3.8) is 0 Å². The van der Waals surface area contributed by atoms with Gasteiger partial charge in [-0.25, -0.2) is 4.39 Å². The first-order chi connectivity index (χ1) is 12.0. The van der Waals surface area contributed by atoms with Crippen LogP contribution in [0.15, 0.2) is 54.6 Å². The molecule has 0 radical (unpaired) electrons. The molecule has 0 N–H and O–H groups in total. The van der Waals surface area contributed by atoms with Gasteiger partial charge in [-0.1, -0.05) is 44.2 Å². The smallest absolute Gasteiger partial charge is 0.228 e. The molecule has 0 bridgehead atoms. The van der Waals surface area contributed by atoms with Crippen LogP contribution in [0.1, 0.15) is 19.4 Å². The zero-order chi connectivity index (χ0) is 17.9. The predicted octanol–water partition coefficient (Wildman–Crippen LogP) is 3.74. The van der Waals surface area contributed by atoms with Crippen LogP contribution in [-0.2, 0) is 11.2 Å². The zero-order valence-electron chi connectivity index (χ0n) is 14.9. The molecule has 4 heteroatoms. The summed E-state index contributed by atoms with van der Waals surface area (Å²) in [6.45, 7) is 7.00. The number of benzene rings is 2. The molecule has 0 unspecified atom stereocenters. The van der Waals surface area contributed by atoms with E-state index < -0.39 is 5.41 Å². The van der Waals surface area contributed by atoms with E-state index in [0.29, 0.717) is 13.1 Å². The maximum absolute atomic E-state index is 13.1. The summed E-state index contributed by atoms with van der Waals surface area (Å²) in [5, 5.41) is 0. The number of halogens is 1. The molecule has 0 atom stereocenters. The van der Waals surface area contributed by atoms with Crippen LogP contribution in [0, 0.1) is 11.2 Å². The summed E-state index contributed by atoms with van der Waals surface area (Å²) in [6, 6.07) is 16.7. The van der Waals surface area contributed by atoms with Gasteiger partial charge in [-0.05, 0) is 36.2 Å². The Hall–Kier alpha value is -2.36. The van der Waals surface area contributed by atoms with Crippen LogP contribution in [0.4, 0.5) is 10.1 Å². The SMILES string of the molecule is CC(C)(Cc1ccccc1)C(=O)N1CCN(c2ccc(F)cc2)CC1. The summed E-state index contributed by atoms with van der Waals surface area (Å²) in [4.78, 5) is 17.1. The van der Waals surface area contributed by atoms with Crippen molar-refractivity contribution in [2.75, 3.05) is 31.1 Å². The highest BCUT2D eigenvalue weighted by molar-refractivity contribution is 5.82. The van der Waals surface area contributed by atoms with Crippen LogP contribution in [0.2, 0.25) is 0 Å². The minimum atomic E-state index is -0.417. The molecule has 1 heterocycles. The molecule has 1 fully saturated rings. The first-order valence-corrected chi connectivity index (χ1v) is 8.79. The molecule has 1 saturated heterocycles. The van der Waals surface area contributed by atoms with Gasteiger partial charge in [0.15, 0.2) is 0 Å². The maximum atomic E-state index is 13.1. The molecule has 132 valence electrons. The fraction of sp³-hybridized carbons (Fsp3) is 0.381. The predicted molar refractivity (Wildman–Crippen MR) is 99.1 cm³/mol. The van der Waals surface area contributed by atoms with Crippen LogP contribution in [0.25, 0.3) is 0 Å². The van der Waals surface area contributed by atoms with E-state index in [0.717, 1.165) is 25.2 Å². The van der Waals surface area contributed by atoms with Gasteiger partial charge in [-0.2, -0.15) is 0 Å². The Morgan fingerprint density at radius 2 is 1.56 bits per heavy atom. The van der Waals surface area contributed by atoms with Gasteiger partial charge in [0.1, 0.15) is 5.82 Å². The van der Waals surface area contributed by atoms with E-state index in [-0.39, 0.29) is 11.7 Å². The lowest BCUT2D eigenvalue weighted by molar-refractivity contribution is -0.140. The average Bonchev–Trinajstić information content (AvgIpc) is 2.62. The van der Waals surface area contributed by atoms with Gasteiger partial charge in [0.25, 0.3) is 0 Å². The lowest BCUT2D eigenvalue weighted by atomic mass is 9.84. The molecule has 0 aliphatic carbocycles. The normalized spacial score (nSPS) is 15.3. The van der Waals surface area contributed by atoms with Crippen molar-refractivity contribution >= 4 is 11.6 Å². The first kappa shape index (κ1) is 17.5. The number of hydrogen-bond donors (Lipinski definition) is 0. The van der Waals surface area contributed by atoms with E-state index in [9.17, 15) is 9.18 Å². The highest BCUT2D eigenvalue weighted by atomic mass is 19.1. The fourth-order valence-corrected chi connectivity index (χ4v) is 3.43. The summed E-state index contributed by atoms with van der Waals surface area (Å²) in [7, 11) is 0. The molecular formula is C21H25FN2O. The maximum Gasteiger partial charge on any atom is 0.228 e. The summed E-state index contributed by atoms with van der Waals surface area (Å²) in [5.74, 6) is -0.0182. The number of carbonyl (C=O) groups excluding carboxylic acids is 1. The lowest BCUT2D eigenvalue weighted by Gasteiger charge is -2.39. The molecule has 3 rings (SSSR count). The van der Waals surface area contributed by atoms with Crippen molar-refractivity contribution in [1.82, 2.24) is 4.90 Å². The highest BCUT2D eigenvalue weighted by Crippen LogP contribution is 2.26. The molecule has 0 aromatic heterocycles. The largest absolute Gasteiger partial charge is 0.368 e. The lowest BCUT2D eigenvalue weighted by Crippen LogP contribution is -2.52. The molecule has 3 nitrogen and oxygen atoms in total. The molecular weight excluding hydrogens is 315 g/mol. The summed E-state index contributed by atoms with van der Waals surface area (Å²) < 4.78 is 13.1. The van der Waals surface area contributed by atoms with Crippen LogP contribution < -0.4 is 4.90 Å². The molecule has 0 saturated carbocycles. The number of rotatable bonds is 4. The number of carbonyl (C=O) groups is 1. The molecule has 2 aromatic carbocycles. The second kappa shape index (κ2) is 7.26. The van der Waals surface area contributed by atoms with Crippen molar-refractivity contribution in [2.45, 2.75) is 20.3 Å². The fourth-order valence-electron chi connectivity index (χ4n) is 3.43. The number of piperazine rings is 1. The summed E-state index contributed by atoms with van der Waals surface area (Å²) in [5.41, 5.74) is 1.78. The Labute approximate surface area is 149 Å². The Kier molecular flexibility index (Phi) is 5.07. The number of nitrogens with zero attached hydrogens (tertiary/aromatic N) is 2. The van der Waals surface area contributed by atoms with Gasteiger partial charge in [-0.15, -0.1) is 0 Å². The standard InChI is InChI=1S/C21H25FN2O/c1-21(2,16-17-6-4-3-5-7-17)20(25)24-14-12-23(13-15-24)19-10-8-18(22)9-11-19/h3-11H,12-16H2,1-2H3. The van der Waals surface area contributed by atoms with E-state index in [1.807, 2.05) is 36.9 Å². The van der Waals surface area contributed by atoms with E-state index >= 15 is 0 Å². The van der Waals surface area contributed by atoms with Crippen molar-refractivity contribution in [3.05, 3.63) is 66.0 Å². The number of hydrogen-bond acceptors (Lipinski definition) is 2. The summed E-state index contributed by atoms with van der Waals surface area (Å²) in [6.07, 6.45) is 0.741. The van der Waals surface area contributed by atoms with E-state index in [1.165, 1.54) is 17.7 Å². The summed E-state index contributed by atoms with van der Waals surface area (Å²) >= 11 is 0. The Balaban J connectivity index is 1.60. The van der Waals surface area contributed by atoms with Gasteiger partial charge in [0, 0.05) is 37.3 Å². The van der Waals surface area contributed by atoms with Crippen LogP contribution in [0.5, 0.6) is 0 Å². The molecule has 1 aliphatic rings. The van der Waals surface area contributed by atoms with E-state index in [1.54, 1.807) is 12.1 Å². The van der Waals surface area contributed by atoms with E-state index in [4.69, 9.17) is 0 Å². The second-order valence-corrected chi connectivity index (χ2v) is 7.30. The van der Waals surface area contributed by atoms with Crippen molar-refractivity contribution in [2.24, 2.45) is 5.41 Å². The Morgan fingerprint density at radius 3 is 2.16 bits per heavy atom. The topological polar surface area (TPSA) is 23.6 Å². The molecule has 1 aliphatic heterocycles. The molecule has 25 heavy (non-hydrogen) atoms. The van der Waals surface area contributed by atoms with Crippen molar-refractivity contribution in [3.8, 4) is 0 Å². The first-order valence-electron chi connectivity index (χ1n) is 8.79. The third-order valence-corrected chi connectivity index (χ3v) is 4.83. The second-order valence-electron chi connectivity index (χ2n) is 7.30. The van der Waals surface area contributed by atoms with Crippen LogP contribution in [0.3, 0.4) is 0 Å². The molecule has 1 amide bonds. The van der Waals surface area contributed by atoms with Gasteiger partial charge >= 0.3 is 0 Å². The highest BCUT2D eigenvalue weighted by Gasteiger charge is 2.33. The number of anilines is 1. The van der Waals surface area contributed by atoms with Gasteiger partial charge < -0.3 is 9.80 Å². The third kappa shape index (κ3) is 4.19. The minimum Gasteiger partial charge on any atom is -0.368 e. The van der Waals surface area contributed by atoms with Gasteiger partial charge in [0.2, 0.25) is 5.91 Å². The van der Waals surface area contributed by atoms with Crippen molar-refractivity contribution in [1.29, 1.82) is 0 Å². The average molecular weight is 340 g/mol. The van der Waals surface area contributed by atoms with Crippen LogP contribution in [-0.4, -0.2) is 37.0 Å². The molecule has 2 aromatic rings. The number of amides is 1. The third-order valence-electron chi connectivity index (χ3n) is 4.83. The molecule has 0 spiro atoms. The van der Waals surface area contributed by atoms with Crippen molar-refractivity contribution < 1.29 is 9.18 Å². The van der Waals surface area contributed by atoms with Gasteiger partial charge in [0.05, 0.1) is 0 Å².